The van der Waals surface area contributed by atoms with Crippen LogP contribution in [0.25, 0.3) is 0 Å². The Hall–Kier alpha value is -0.210. The number of methoxy groups -OCH3 is 1. The zero-order valence-corrected chi connectivity index (χ0v) is 11.3. The molecule has 0 spiro atoms. The van der Waals surface area contributed by atoms with Gasteiger partial charge in [0.05, 0.1) is 19.5 Å². The van der Waals surface area contributed by atoms with E-state index >= 15 is 0 Å². The summed E-state index contributed by atoms with van der Waals surface area (Å²) >= 11 is 0. The second kappa shape index (κ2) is 7.27. The van der Waals surface area contributed by atoms with Gasteiger partial charge in [-0.15, -0.1) is 0 Å². The van der Waals surface area contributed by atoms with E-state index in [1.165, 1.54) is 10.6 Å². The highest BCUT2D eigenvalue weighted by molar-refractivity contribution is 7.88. The Morgan fingerprint density at radius 3 is 2.82 bits per heavy atom. The zero-order chi connectivity index (χ0) is 12.7. The number of hydrogen-bond acceptors (Lipinski definition) is 5. The van der Waals surface area contributed by atoms with Gasteiger partial charge in [0.15, 0.2) is 0 Å². The van der Waals surface area contributed by atoms with Crippen molar-refractivity contribution in [2.75, 3.05) is 46.2 Å². The van der Waals surface area contributed by atoms with Gasteiger partial charge >= 0.3 is 0 Å². The molecular weight excluding hydrogens is 244 g/mol. The van der Waals surface area contributed by atoms with E-state index in [0.717, 1.165) is 12.8 Å². The third-order valence-electron chi connectivity index (χ3n) is 2.81. The normalized spacial score (nSPS) is 22.8. The fraction of sp³-hybridized carbons (Fsp3) is 1.00. The van der Waals surface area contributed by atoms with Crippen molar-refractivity contribution in [2.24, 2.45) is 5.92 Å². The van der Waals surface area contributed by atoms with Crippen LogP contribution in [0, 0.1) is 5.92 Å². The summed E-state index contributed by atoms with van der Waals surface area (Å²) in [4.78, 5) is 5.15. The SMILES string of the molecule is COCCONCC1CCCN(S(C)(=O)=O)C1. The van der Waals surface area contributed by atoms with Crippen LogP contribution in [0.1, 0.15) is 12.8 Å². The van der Waals surface area contributed by atoms with E-state index in [-0.39, 0.29) is 0 Å². The van der Waals surface area contributed by atoms with E-state index in [4.69, 9.17) is 9.57 Å². The molecule has 6 nitrogen and oxygen atoms in total. The van der Waals surface area contributed by atoms with Crippen molar-refractivity contribution in [3.63, 3.8) is 0 Å². The summed E-state index contributed by atoms with van der Waals surface area (Å²) in [5.74, 6) is 0.320. The second-order valence-electron chi connectivity index (χ2n) is 4.32. The number of hydrogen-bond donors (Lipinski definition) is 1. The Labute approximate surface area is 103 Å². The van der Waals surface area contributed by atoms with Crippen LogP contribution in [0.3, 0.4) is 0 Å². The van der Waals surface area contributed by atoms with E-state index in [1.807, 2.05) is 0 Å². The summed E-state index contributed by atoms with van der Waals surface area (Å²) in [6, 6.07) is 0. The first-order valence-electron chi connectivity index (χ1n) is 5.82. The number of rotatable bonds is 7. The molecule has 0 aromatic heterocycles. The van der Waals surface area contributed by atoms with Crippen LogP contribution >= 0.6 is 0 Å². The van der Waals surface area contributed by atoms with Crippen LogP contribution < -0.4 is 5.48 Å². The first kappa shape index (κ1) is 14.8. The van der Waals surface area contributed by atoms with Gasteiger partial charge in [0.2, 0.25) is 10.0 Å². The first-order valence-corrected chi connectivity index (χ1v) is 7.67. The number of sulfonamides is 1. The van der Waals surface area contributed by atoms with Crippen molar-refractivity contribution >= 4 is 10.0 Å². The standard InChI is InChI=1S/C10H22N2O4S/c1-15-6-7-16-11-8-10-4-3-5-12(9-10)17(2,13)14/h10-11H,3-9H2,1-2H3. The highest BCUT2D eigenvalue weighted by Crippen LogP contribution is 2.17. The number of ether oxygens (including phenoxy) is 1. The van der Waals surface area contributed by atoms with Gasteiger partial charge in [-0.2, -0.15) is 0 Å². The summed E-state index contributed by atoms with van der Waals surface area (Å²) in [6.45, 7) is 2.95. The molecule has 0 bridgehead atoms. The molecule has 1 saturated heterocycles. The van der Waals surface area contributed by atoms with E-state index in [9.17, 15) is 8.42 Å². The lowest BCUT2D eigenvalue weighted by atomic mass is 10.0. The van der Waals surface area contributed by atoms with Crippen LogP contribution in [0.4, 0.5) is 0 Å². The van der Waals surface area contributed by atoms with E-state index < -0.39 is 10.0 Å². The average molecular weight is 266 g/mol. The quantitative estimate of drug-likeness (QED) is 0.512. The summed E-state index contributed by atoms with van der Waals surface area (Å²) in [6.07, 6.45) is 3.21. The van der Waals surface area contributed by atoms with Crippen LogP contribution in [0.15, 0.2) is 0 Å². The molecule has 1 aliphatic heterocycles. The molecule has 1 fully saturated rings. The third-order valence-corrected chi connectivity index (χ3v) is 4.08. The van der Waals surface area contributed by atoms with E-state index in [2.05, 4.69) is 5.48 Å². The van der Waals surface area contributed by atoms with Gasteiger partial charge in [0, 0.05) is 26.7 Å². The highest BCUT2D eigenvalue weighted by Gasteiger charge is 2.25. The summed E-state index contributed by atoms with van der Waals surface area (Å²) in [7, 11) is -1.43. The van der Waals surface area contributed by atoms with Crippen molar-refractivity contribution in [1.82, 2.24) is 9.79 Å². The molecule has 1 heterocycles. The molecule has 102 valence electrons. The predicted molar refractivity (Wildman–Crippen MR) is 65.0 cm³/mol. The lowest BCUT2D eigenvalue weighted by molar-refractivity contribution is -0.00221. The molecule has 1 N–H and O–H groups in total. The van der Waals surface area contributed by atoms with Gasteiger partial charge in [-0.25, -0.2) is 18.2 Å². The lowest BCUT2D eigenvalue weighted by Crippen LogP contribution is -2.42. The third kappa shape index (κ3) is 5.78. The molecule has 17 heavy (non-hydrogen) atoms. The number of hydroxylamine groups is 1. The number of piperidine rings is 1. The maximum Gasteiger partial charge on any atom is 0.211 e. The Kier molecular flexibility index (Phi) is 6.35. The van der Waals surface area contributed by atoms with Crippen molar-refractivity contribution < 1.29 is 18.0 Å². The molecular formula is C10H22N2O4S. The summed E-state index contributed by atoms with van der Waals surface area (Å²) in [5.41, 5.74) is 2.86. The molecule has 1 aliphatic rings. The zero-order valence-electron chi connectivity index (χ0n) is 10.5. The molecule has 0 amide bonds. The fourth-order valence-corrected chi connectivity index (χ4v) is 2.81. The van der Waals surface area contributed by atoms with Crippen molar-refractivity contribution in [1.29, 1.82) is 0 Å². The van der Waals surface area contributed by atoms with Crippen LogP contribution in [-0.4, -0.2) is 58.9 Å². The molecule has 0 aromatic carbocycles. The molecule has 0 radical (unpaired) electrons. The van der Waals surface area contributed by atoms with E-state index in [0.29, 0.717) is 38.8 Å². The van der Waals surface area contributed by atoms with Gasteiger partial charge in [-0.3, -0.25) is 4.84 Å². The minimum absolute atomic E-state index is 0.320. The largest absolute Gasteiger partial charge is 0.382 e. The van der Waals surface area contributed by atoms with Crippen molar-refractivity contribution in [3.8, 4) is 0 Å². The van der Waals surface area contributed by atoms with Gasteiger partial charge in [0.25, 0.3) is 0 Å². The van der Waals surface area contributed by atoms with Crippen molar-refractivity contribution in [3.05, 3.63) is 0 Å². The minimum atomic E-state index is -3.05. The Balaban J connectivity index is 2.21. The van der Waals surface area contributed by atoms with Crippen LogP contribution in [-0.2, 0) is 19.6 Å². The smallest absolute Gasteiger partial charge is 0.211 e. The van der Waals surface area contributed by atoms with Gasteiger partial charge in [-0.1, -0.05) is 0 Å². The Morgan fingerprint density at radius 2 is 2.18 bits per heavy atom. The molecule has 0 saturated carbocycles. The Morgan fingerprint density at radius 1 is 1.41 bits per heavy atom. The van der Waals surface area contributed by atoms with E-state index in [1.54, 1.807) is 7.11 Å². The first-order chi connectivity index (χ1) is 8.04. The van der Waals surface area contributed by atoms with Crippen LogP contribution in [0.5, 0.6) is 0 Å². The molecule has 1 atom stereocenters. The maximum atomic E-state index is 11.4. The topological polar surface area (TPSA) is 67.9 Å². The van der Waals surface area contributed by atoms with Crippen LogP contribution in [0.2, 0.25) is 0 Å². The molecule has 0 aromatic rings. The summed E-state index contributed by atoms with van der Waals surface area (Å²) < 4.78 is 29.2. The molecule has 7 heteroatoms. The Bertz CT molecular complexity index is 307. The lowest BCUT2D eigenvalue weighted by Gasteiger charge is -2.30. The summed E-state index contributed by atoms with van der Waals surface area (Å²) in [5, 5.41) is 0. The molecule has 1 rings (SSSR count). The predicted octanol–water partition coefficient (Wildman–Crippen LogP) is -0.174. The second-order valence-corrected chi connectivity index (χ2v) is 6.30. The van der Waals surface area contributed by atoms with Gasteiger partial charge in [0.1, 0.15) is 0 Å². The van der Waals surface area contributed by atoms with Crippen molar-refractivity contribution in [2.45, 2.75) is 12.8 Å². The van der Waals surface area contributed by atoms with Gasteiger partial charge < -0.3 is 4.74 Å². The number of nitrogens with zero attached hydrogens (tertiary/aromatic N) is 1. The highest BCUT2D eigenvalue weighted by atomic mass is 32.2. The molecule has 0 aliphatic carbocycles. The average Bonchev–Trinajstić information content (AvgIpc) is 2.28. The van der Waals surface area contributed by atoms with Gasteiger partial charge in [-0.05, 0) is 18.8 Å². The maximum absolute atomic E-state index is 11.4. The minimum Gasteiger partial charge on any atom is -0.382 e. The fourth-order valence-electron chi connectivity index (χ4n) is 1.87. The number of nitrogens with one attached hydrogen (secondary N) is 1. The molecule has 1 unspecified atom stereocenters. The monoisotopic (exact) mass is 266 g/mol.